The summed E-state index contributed by atoms with van der Waals surface area (Å²) in [6, 6.07) is 7.82. The first-order valence-corrected chi connectivity index (χ1v) is 7.44. The van der Waals surface area contributed by atoms with E-state index < -0.39 is 5.97 Å². The lowest BCUT2D eigenvalue weighted by atomic mass is 10.0. The molecule has 0 aromatic heterocycles. The number of hydrogen-bond donors (Lipinski definition) is 2. The molecule has 1 aromatic carbocycles. The molecule has 2 N–H and O–H groups in total. The summed E-state index contributed by atoms with van der Waals surface area (Å²) in [5, 5.41) is 12.4. The van der Waals surface area contributed by atoms with E-state index in [9.17, 15) is 4.79 Å². The number of nitrogens with one attached hydrogen (secondary N) is 1. The number of rotatable bonds is 6. The van der Waals surface area contributed by atoms with Crippen LogP contribution in [0.3, 0.4) is 0 Å². The Morgan fingerprint density at radius 1 is 1.45 bits per heavy atom. The molecule has 1 atom stereocenters. The summed E-state index contributed by atoms with van der Waals surface area (Å²) >= 11 is 0. The molecule has 20 heavy (non-hydrogen) atoms. The average molecular weight is 276 g/mol. The first-order chi connectivity index (χ1) is 9.66. The summed E-state index contributed by atoms with van der Waals surface area (Å²) in [6.45, 7) is 6.25. The molecule has 4 nitrogen and oxygen atoms in total. The zero-order valence-corrected chi connectivity index (χ0v) is 12.1. The second kappa shape index (κ2) is 7.41. The smallest absolute Gasteiger partial charge is 0.335 e. The van der Waals surface area contributed by atoms with Crippen molar-refractivity contribution in [3.05, 3.63) is 35.4 Å². The number of nitrogens with zero attached hydrogens (tertiary/aromatic N) is 1. The van der Waals surface area contributed by atoms with Crippen molar-refractivity contribution in [1.29, 1.82) is 0 Å². The van der Waals surface area contributed by atoms with E-state index in [1.165, 1.54) is 25.8 Å². The van der Waals surface area contributed by atoms with Crippen LogP contribution < -0.4 is 5.32 Å². The van der Waals surface area contributed by atoms with Crippen LogP contribution in [0.1, 0.15) is 42.1 Å². The highest BCUT2D eigenvalue weighted by atomic mass is 16.4. The molecule has 1 aromatic rings. The maximum Gasteiger partial charge on any atom is 0.335 e. The highest BCUT2D eigenvalue weighted by Gasteiger charge is 2.16. The summed E-state index contributed by atoms with van der Waals surface area (Å²) in [4.78, 5) is 13.4. The molecule has 4 heteroatoms. The highest BCUT2D eigenvalue weighted by Crippen LogP contribution is 2.15. The van der Waals surface area contributed by atoms with Gasteiger partial charge in [-0.3, -0.25) is 4.90 Å². The first kappa shape index (κ1) is 15.0. The molecule has 0 bridgehead atoms. The van der Waals surface area contributed by atoms with Crippen molar-refractivity contribution >= 4 is 5.97 Å². The molecule has 1 aliphatic rings. The second-order valence-corrected chi connectivity index (χ2v) is 5.56. The van der Waals surface area contributed by atoms with E-state index in [0.29, 0.717) is 11.6 Å². The van der Waals surface area contributed by atoms with E-state index in [1.54, 1.807) is 18.2 Å². The Bertz CT molecular complexity index is 448. The van der Waals surface area contributed by atoms with Crippen molar-refractivity contribution in [1.82, 2.24) is 10.2 Å². The predicted octanol–water partition coefficient (Wildman–Crippen LogP) is 2.35. The fourth-order valence-corrected chi connectivity index (χ4v) is 2.76. The van der Waals surface area contributed by atoms with E-state index in [-0.39, 0.29) is 0 Å². The summed E-state index contributed by atoms with van der Waals surface area (Å²) in [6.07, 6.45) is 3.97. The van der Waals surface area contributed by atoms with Gasteiger partial charge in [-0.05, 0) is 44.0 Å². The molecule has 0 radical (unpaired) electrons. The molecule has 0 aliphatic carbocycles. The van der Waals surface area contributed by atoms with E-state index >= 15 is 0 Å². The van der Waals surface area contributed by atoms with E-state index in [0.717, 1.165) is 25.2 Å². The number of piperidine rings is 1. The maximum absolute atomic E-state index is 10.9. The van der Waals surface area contributed by atoms with Gasteiger partial charge in [-0.1, -0.05) is 18.6 Å². The summed E-state index contributed by atoms with van der Waals surface area (Å²) in [5.74, 6) is -0.867. The summed E-state index contributed by atoms with van der Waals surface area (Å²) in [5.41, 5.74) is 1.38. The number of hydrogen-bond acceptors (Lipinski definition) is 3. The Kier molecular flexibility index (Phi) is 5.56. The Labute approximate surface area is 120 Å². The van der Waals surface area contributed by atoms with Crippen molar-refractivity contribution in [2.75, 3.05) is 19.6 Å². The van der Waals surface area contributed by atoms with Crippen molar-refractivity contribution < 1.29 is 9.90 Å². The third kappa shape index (κ3) is 4.32. The number of likely N-dealkylation sites (tertiary alicyclic amines) is 1. The number of carboxylic acids is 1. The Morgan fingerprint density at radius 2 is 2.30 bits per heavy atom. The zero-order valence-electron chi connectivity index (χ0n) is 12.1. The number of carboxylic acid groups (broad SMARTS) is 1. The van der Waals surface area contributed by atoms with Crippen molar-refractivity contribution in [3.8, 4) is 0 Å². The van der Waals surface area contributed by atoms with Gasteiger partial charge in [0.1, 0.15) is 0 Å². The van der Waals surface area contributed by atoms with Crippen LogP contribution in [-0.2, 0) is 6.54 Å². The van der Waals surface area contributed by atoms with E-state index in [2.05, 4.69) is 17.1 Å². The lowest BCUT2D eigenvalue weighted by Gasteiger charge is -2.33. The van der Waals surface area contributed by atoms with Crippen LogP contribution >= 0.6 is 0 Å². The predicted molar refractivity (Wildman–Crippen MR) is 80.0 cm³/mol. The van der Waals surface area contributed by atoms with Crippen molar-refractivity contribution in [2.24, 2.45) is 0 Å². The SMILES string of the molecule is CC1CCCCN1CCNCc1cccc(C(=O)O)c1. The molecule has 1 heterocycles. The number of aromatic carboxylic acids is 1. The van der Waals surface area contributed by atoms with Gasteiger partial charge in [-0.15, -0.1) is 0 Å². The fourth-order valence-electron chi connectivity index (χ4n) is 2.76. The molecule has 1 saturated heterocycles. The maximum atomic E-state index is 10.9. The van der Waals surface area contributed by atoms with E-state index in [1.807, 2.05) is 6.07 Å². The fraction of sp³-hybridized carbons (Fsp3) is 0.562. The zero-order chi connectivity index (χ0) is 14.4. The molecular formula is C16H24N2O2. The van der Waals surface area contributed by atoms with Gasteiger partial charge < -0.3 is 10.4 Å². The molecule has 1 aliphatic heterocycles. The normalized spacial score (nSPS) is 19.9. The number of carbonyl (C=O) groups is 1. The number of benzene rings is 1. The lowest BCUT2D eigenvalue weighted by Crippen LogP contribution is -2.41. The first-order valence-electron chi connectivity index (χ1n) is 7.44. The lowest BCUT2D eigenvalue weighted by molar-refractivity contribution is 0.0696. The minimum absolute atomic E-state index is 0.356. The van der Waals surface area contributed by atoms with Gasteiger partial charge in [-0.25, -0.2) is 4.79 Å². The Hall–Kier alpha value is -1.39. The van der Waals surface area contributed by atoms with Crippen LogP contribution in [0.15, 0.2) is 24.3 Å². The summed E-state index contributed by atoms with van der Waals surface area (Å²) in [7, 11) is 0. The average Bonchev–Trinajstić information content (AvgIpc) is 2.45. The third-order valence-electron chi connectivity index (χ3n) is 4.02. The molecule has 0 saturated carbocycles. The van der Waals surface area contributed by atoms with Crippen LogP contribution in [-0.4, -0.2) is 41.7 Å². The van der Waals surface area contributed by atoms with Crippen molar-refractivity contribution in [3.63, 3.8) is 0 Å². The Balaban J connectivity index is 1.73. The van der Waals surface area contributed by atoms with Gasteiger partial charge >= 0.3 is 5.97 Å². The summed E-state index contributed by atoms with van der Waals surface area (Å²) < 4.78 is 0. The molecule has 1 unspecified atom stereocenters. The van der Waals surface area contributed by atoms with Crippen LogP contribution in [0.4, 0.5) is 0 Å². The van der Waals surface area contributed by atoms with Gasteiger partial charge in [0.15, 0.2) is 0 Å². The van der Waals surface area contributed by atoms with Crippen LogP contribution in [0, 0.1) is 0 Å². The molecular weight excluding hydrogens is 252 g/mol. The monoisotopic (exact) mass is 276 g/mol. The molecule has 1 fully saturated rings. The second-order valence-electron chi connectivity index (χ2n) is 5.56. The molecule has 110 valence electrons. The van der Waals surface area contributed by atoms with Gasteiger partial charge in [0.25, 0.3) is 0 Å². The van der Waals surface area contributed by atoms with Crippen LogP contribution in [0.2, 0.25) is 0 Å². The minimum atomic E-state index is -0.867. The van der Waals surface area contributed by atoms with Gasteiger partial charge in [0.2, 0.25) is 0 Å². The topological polar surface area (TPSA) is 52.6 Å². The molecule has 2 rings (SSSR count). The molecule has 0 amide bonds. The van der Waals surface area contributed by atoms with Crippen LogP contribution in [0.25, 0.3) is 0 Å². The quantitative estimate of drug-likeness (QED) is 0.783. The standard InChI is InChI=1S/C16H24N2O2/c1-13-5-2-3-9-18(13)10-8-17-12-14-6-4-7-15(11-14)16(19)20/h4,6-7,11,13,17H,2-3,5,8-10,12H2,1H3,(H,19,20). The van der Waals surface area contributed by atoms with E-state index in [4.69, 9.17) is 5.11 Å². The Morgan fingerprint density at radius 3 is 3.05 bits per heavy atom. The largest absolute Gasteiger partial charge is 0.478 e. The van der Waals surface area contributed by atoms with Gasteiger partial charge in [0.05, 0.1) is 5.56 Å². The highest BCUT2D eigenvalue weighted by molar-refractivity contribution is 5.87. The molecule has 0 spiro atoms. The van der Waals surface area contributed by atoms with Crippen LogP contribution in [0.5, 0.6) is 0 Å². The van der Waals surface area contributed by atoms with Crippen molar-refractivity contribution in [2.45, 2.75) is 38.8 Å². The minimum Gasteiger partial charge on any atom is -0.478 e. The van der Waals surface area contributed by atoms with Gasteiger partial charge in [0, 0.05) is 25.7 Å². The third-order valence-corrected chi connectivity index (χ3v) is 4.02. The van der Waals surface area contributed by atoms with Gasteiger partial charge in [-0.2, -0.15) is 0 Å².